The molecular weight excluding hydrogens is 434 g/mol. The predicted octanol–water partition coefficient (Wildman–Crippen LogP) is 1.46. The van der Waals surface area contributed by atoms with Crippen molar-refractivity contribution in [1.29, 1.82) is 0 Å². The lowest BCUT2D eigenvalue weighted by Gasteiger charge is -2.37. The molecule has 0 radical (unpaired) electrons. The van der Waals surface area contributed by atoms with Gasteiger partial charge in [0, 0.05) is 70.3 Å². The van der Waals surface area contributed by atoms with Gasteiger partial charge < -0.3 is 29.5 Å². The molecule has 34 heavy (non-hydrogen) atoms. The van der Waals surface area contributed by atoms with E-state index in [1.165, 1.54) is 0 Å². The van der Waals surface area contributed by atoms with Crippen molar-refractivity contribution in [3.05, 3.63) is 42.9 Å². The highest BCUT2D eigenvalue weighted by Crippen LogP contribution is 2.29. The number of amides is 1. The minimum Gasteiger partial charge on any atom is -0.441 e. The van der Waals surface area contributed by atoms with Crippen molar-refractivity contribution in [2.75, 3.05) is 75.4 Å². The molecule has 0 unspecified atom stereocenters. The molecule has 6 rings (SSSR count). The molecule has 3 aliphatic heterocycles. The summed E-state index contributed by atoms with van der Waals surface area (Å²) in [5, 5.41) is 7.90. The summed E-state index contributed by atoms with van der Waals surface area (Å²) in [5.41, 5.74) is 5.28. The fourth-order valence-corrected chi connectivity index (χ4v) is 4.70. The smallest absolute Gasteiger partial charge is 0.410 e. The molecular formula is C24H29N7O3. The second-order valence-electron chi connectivity index (χ2n) is 8.93. The zero-order chi connectivity index (χ0) is 22.9. The van der Waals surface area contributed by atoms with Crippen LogP contribution in [-0.2, 0) is 9.47 Å². The predicted molar refractivity (Wildman–Crippen MR) is 128 cm³/mol. The summed E-state index contributed by atoms with van der Waals surface area (Å²) in [6.45, 7) is 7.77. The van der Waals surface area contributed by atoms with Crippen molar-refractivity contribution >= 4 is 23.0 Å². The Morgan fingerprint density at radius 1 is 1.03 bits per heavy atom. The van der Waals surface area contributed by atoms with Gasteiger partial charge in [-0.1, -0.05) is 0 Å². The molecule has 0 atom stereocenters. The maximum absolute atomic E-state index is 12.3. The highest BCUT2D eigenvalue weighted by atomic mass is 16.6. The van der Waals surface area contributed by atoms with Crippen LogP contribution in [0.15, 0.2) is 42.9 Å². The van der Waals surface area contributed by atoms with Gasteiger partial charge in [-0.05, 0) is 24.3 Å². The standard InChI is InChI=1S/C24H29N7O3/c32-24(34-20-16-33-17-20)30-11-9-29(10-12-30)22-3-4-27-31-15-18(13-23(22)31)21-2-1-19(14-26-21)28-7-5-25-6-8-28/h1-4,13-15,20,25H,5-12,16-17H2. The Bertz CT molecular complexity index is 1150. The number of anilines is 2. The van der Waals surface area contributed by atoms with Gasteiger partial charge in [0.1, 0.15) is 0 Å². The number of ether oxygens (including phenoxy) is 2. The number of carbonyl (C=O) groups excluding carboxylic acids is 1. The van der Waals surface area contributed by atoms with Gasteiger partial charge in [0.25, 0.3) is 0 Å². The minimum absolute atomic E-state index is 0.0935. The lowest BCUT2D eigenvalue weighted by Crippen LogP contribution is -2.51. The van der Waals surface area contributed by atoms with E-state index in [0.717, 1.165) is 67.4 Å². The molecule has 0 spiro atoms. The van der Waals surface area contributed by atoms with Crippen molar-refractivity contribution in [1.82, 2.24) is 24.8 Å². The number of nitrogens with zero attached hydrogens (tertiary/aromatic N) is 6. The number of pyridine rings is 1. The van der Waals surface area contributed by atoms with E-state index >= 15 is 0 Å². The molecule has 3 aromatic rings. The first kappa shape index (κ1) is 21.2. The van der Waals surface area contributed by atoms with Crippen molar-refractivity contribution < 1.29 is 14.3 Å². The Hall–Kier alpha value is -3.37. The number of piperazine rings is 2. The van der Waals surface area contributed by atoms with Crippen LogP contribution in [0.25, 0.3) is 16.8 Å². The van der Waals surface area contributed by atoms with Crippen LogP contribution in [0.2, 0.25) is 0 Å². The summed E-state index contributed by atoms with van der Waals surface area (Å²) >= 11 is 0. The van der Waals surface area contributed by atoms with E-state index in [9.17, 15) is 4.79 Å². The Morgan fingerprint density at radius 3 is 2.56 bits per heavy atom. The summed E-state index contributed by atoms with van der Waals surface area (Å²) in [4.78, 5) is 23.5. The average molecular weight is 464 g/mol. The van der Waals surface area contributed by atoms with Gasteiger partial charge >= 0.3 is 6.09 Å². The molecule has 0 saturated carbocycles. The normalized spacial score (nSPS) is 19.4. The number of hydrogen-bond acceptors (Lipinski definition) is 8. The van der Waals surface area contributed by atoms with E-state index in [-0.39, 0.29) is 12.2 Å². The van der Waals surface area contributed by atoms with Crippen LogP contribution in [0, 0.1) is 0 Å². The van der Waals surface area contributed by atoms with Gasteiger partial charge in [-0.25, -0.2) is 9.31 Å². The van der Waals surface area contributed by atoms with E-state index in [0.29, 0.717) is 26.3 Å². The van der Waals surface area contributed by atoms with Crippen molar-refractivity contribution in [3.63, 3.8) is 0 Å². The fraction of sp³-hybridized carbons (Fsp3) is 0.458. The molecule has 6 heterocycles. The Kier molecular flexibility index (Phi) is 5.68. The first-order chi connectivity index (χ1) is 16.7. The number of carbonyl (C=O) groups is 1. The molecule has 10 nitrogen and oxygen atoms in total. The van der Waals surface area contributed by atoms with Crippen molar-refractivity contribution in [2.24, 2.45) is 0 Å². The SMILES string of the molecule is O=C(OC1COC1)N1CCN(c2ccnn3cc(-c4ccc(N5CCNCC5)cn4)cc23)CC1. The molecule has 0 aromatic carbocycles. The summed E-state index contributed by atoms with van der Waals surface area (Å²) < 4.78 is 12.4. The second-order valence-corrected chi connectivity index (χ2v) is 8.93. The summed E-state index contributed by atoms with van der Waals surface area (Å²) in [6.07, 6.45) is 5.48. The van der Waals surface area contributed by atoms with Gasteiger partial charge in [0.05, 0.1) is 42.0 Å². The summed E-state index contributed by atoms with van der Waals surface area (Å²) in [6, 6.07) is 8.42. The second kappa shape index (κ2) is 9.11. The maximum atomic E-state index is 12.3. The third-order valence-corrected chi connectivity index (χ3v) is 6.77. The van der Waals surface area contributed by atoms with Crippen LogP contribution in [0.3, 0.4) is 0 Å². The van der Waals surface area contributed by atoms with Crippen molar-refractivity contribution in [2.45, 2.75) is 6.10 Å². The Balaban J connectivity index is 1.16. The summed E-state index contributed by atoms with van der Waals surface area (Å²) in [5.74, 6) is 0. The molecule has 0 aliphatic carbocycles. The first-order valence-electron chi connectivity index (χ1n) is 11.9. The molecule has 178 valence electrons. The monoisotopic (exact) mass is 463 g/mol. The topological polar surface area (TPSA) is 87.5 Å². The van der Waals surface area contributed by atoms with E-state index < -0.39 is 0 Å². The van der Waals surface area contributed by atoms with Crippen molar-refractivity contribution in [3.8, 4) is 11.3 Å². The molecule has 1 N–H and O–H groups in total. The van der Waals surface area contributed by atoms with Gasteiger partial charge in [0.15, 0.2) is 6.10 Å². The molecule has 3 saturated heterocycles. The quantitative estimate of drug-likeness (QED) is 0.623. The third kappa shape index (κ3) is 4.14. The number of rotatable bonds is 4. The van der Waals surface area contributed by atoms with E-state index in [1.807, 2.05) is 29.2 Å². The zero-order valence-electron chi connectivity index (χ0n) is 19.1. The molecule has 3 aliphatic rings. The maximum Gasteiger partial charge on any atom is 0.410 e. The largest absolute Gasteiger partial charge is 0.441 e. The van der Waals surface area contributed by atoms with Gasteiger partial charge in [-0.2, -0.15) is 5.10 Å². The van der Waals surface area contributed by atoms with Crippen LogP contribution in [0.4, 0.5) is 16.2 Å². The van der Waals surface area contributed by atoms with Crippen LogP contribution >= 0.6 is 0 Å². The van der Waals surface area contributed by atoms with Crippen LogP contribution in [0.5, 0.6) is 0 Å². The van der Waals surface area contributed by atoms with E-state index in [4.69, 9.17) is 14.5 Å². The van der Waals surface area contributed by atoms with Gasteiger partial charge in [-0.15, -0.1) is 0 Å². The number of hydrogen-bond donors (Lipinski definition) is 1. The molecule has 1 amide bonds. The van der Waals surface area contributed by atoms with Gasteiger partial charge in [-0.3, -0.25) is 4.98 Å². The van der Waals surface area contributed by atoms with E-state index in [1.54, 1.807) is 4.90 Å². The highest BCUT2D eigenvalue weighted by Gasteiger charge is 2.28. The Morgan fingerprint density at radius 2 is 1.85 bits per heavy atom. The van der Waals surface area contributed by atoms with Gasteiger partial charge in [0.2, 0.25) is 0 Å². The summed E-state index contributed by atoms with van der Waals surface area (Å²) in [7, 11) is 0. The number of fused-ring (bicyclic) bond motifs is 1. The fourth-order valence-electron chi connectivity index (χ4n) is 4.70. The minimum atomic E-state index is -0.242. The third-order valence-electron chi connectivity index (χ3n) is 6.77. The average Bonchev–Trinajstić information content (AvgIpc) is 3.31. The number of aromatic nitrogens is 3. The first-order valence-corrected chi connectivity index (χ1v) is 11.9. The lowest BCUT2D eigenvalue weighted by atomic mass is 10.2. The van der Waals surface area contributed by atoms with E-state index in [2.05, 4.69) is 38.4 Å². The van der Waals surface area contributed by atoms with Crippen LogP contribution in [-0.4, -0.2) is 97.3 Å². The number of nitrogens with one attached hydrogen (secondary N) is 1. The molecule has 3 fully saturated rings. The molecule has 0 bridgehead atoms. The highest BCUT2D eigenvalue weighted by molar-refractivity contribution is 5.79. The Labute approximate surface area is 198 Å². The molecule has 10 heteroatoms. The zero-order valence-corrected chi connectivity index (χ0v) is 19.1. The van der Waals surface area contributed by atoms with Crippen LogP contribution < -0.4 is 15.1 Å². The lowest BCUT2D eigenvalue weighted by molar-refractivity contribution is -0.104. The molecule has 3 aromatic heterocycles. The van der Waals surface area contributed by atoms with Crippen LogP contribution in [0.1, 0.15) is 0 Å².